The Labute approximate surface area is 242 Å². The molecule has 43 heavy (non-hydrogen) atoms. The Kier molecular flexibility index (Phi) is 7.20. The van der Waals surface area contributed by atoms with Gasteiger partial charge in [-0.15, -0.1) is 0 Å². The maximum absolute atomic E-state index is 15.0. The highest BCUT2D eigenvalue weighted by molar-refractivity contribution is 7.92. The number of alkyl halides is 7. The van der Waals surface area contributed by atoms with Gasteiger partial charge < -0.3 is 4.90 Å². The van der Waals surface area contributed by atoms with Gasteiger partial charge in [-0.05, 0) is 78.9 Å². The Morgan fingerprint density at radius 1 is 0.791 bits per heavy atom. The van der Waals surface area contributed by atoms with Crippen molar-refractivity contribution in [3.8, 4) is 0 Å². The number of sulfone groups is 2. The zero-order chi connectivity index (χ0) is 31.8. The summed E-state index contributed by atoms with van der Waals surface area (Å²) < 4.78 is 160. The van der Waals surface area contributed by atoms with Crippen LogP contribution in [0.5, 0.6) is 0 Å². The third kappa shape index (κ3) is 4.69. The number of aryl methyl sites for hydroxylation is 1. The summed E-state index contributed by atoms with van der Waals surface area (Å²) in [5.41, 5.74) is -7.25. The van der Waals surface area contributed by atoms with Crippen LogP contribution in [-0.4, -0.2) is 48.0 Å². The lowest BCUT2D eigenvalue weighted by Gasteiger charge is -2.43. The van der Waals surface area contributed by atoms with Gasteiger partial charge in [0, 0.05) is 24.1 Å². The molecule has 1 aliphatic carbocycles. The minimum atomic E-state index is -6.35. The summed E-state index contributed by atoms with van der Waals surface area (Å²) in [7, 11) is -8.06. The van der Waals surface area contributed by atoms with Gasteiger partial charge in [-0.3, -0.25) is 0 Å². The van der Waals surface area contributed by atoms with Crippen molar-refractivity contribution >= 4 is 25.4 Å². The average Bonchev–Trinajstić information content (AvgIpc) is 3.32. The van der Waals surface area contributed by atoms with Crippen molar-refractivity contribution in [2.75, 3.05) is 17.7 Å². The van der Waals surface area contributed by atoms with Crippen LogP contribution in [0.4, 0.5) is 40.8 Å². The lowest BCUT2D eigenvalue weighted by Crippen LogP contribution is -2.52. The van der Waals surface area contributed by atoms with Gasteiger partial charge in [0.15, 0.2) is 19.7 Å². The molecule has 0 N–H and O–H groups in total. The number of rotatable bonds is 5. The second kappa shape index (κ2) is 9.91. The largest absolute Gasteiger partial charge is 0.435 e. The molecule has 0 spiro atoms. The van der Waals surface area contributed by atoms with Crippen molar-refractivity contribution in [1.29, 1.82) is 0 Å². The molecule has 5 nitrogen and oxygen atoms in total. The van der Waals surface area contributed by atoms with E-state index in [0.29, 0.717) is 17.8 Å². The molecule has 5 rings (SSSR count). The van der Waals surface area contributed by atoms with Crippen molar-refractivity contribution in [3.63, 3.8) is 0 Å². The first kappa shape index (κ1) is 31.2. The fourth-order valence-electron chi connectivity index (χ4n) is 6.25. The molecule has 1 saturated heterocycles. The molecule has 2 atom stereocenters. The zero-order valence-corrected chi connectivity index (χ0v) is 23.8. The Bertz CT molecular complexity index is 1760. The topological polar surface area (TPSA) is 71.5 Å². The maximum Gasteiger partial charge on any atom is 0.435 e. The molecule has 0 bridgehead atoms. The van der Waals surface area contributed by atoms with Crippen molar-refractivity contribution in [2.45, 2.75) is 57.9 Å². The van der Waals surface area contributed by atoms with E-state index in [2.05, 4.69) is 0 Å². The van der Waals surface area contributed by atoms with Crippen LogP contribution in [-0.2, 0) is 36.5 Å². The van der Waals surface area contributed by atoms with Gasteiger partial charge >= 0.3 is 18.0 Å². The van der Waals surface area contributed by atoms with Crippen LogP contribution in [0.2, 0.25) is 0 Å². The van der Waals surface area contributed by atoms with Crippen LogP contribution in [0.15, 0.2) is 76.5 Å². The van der Waals surface area contributed by atoms with E-state index in [9.17, 15) is 52.0 Å². The molecule has 0 saturated carbocycles. The van der Waals surface area contributed by atoms with E-state index < -0.39 is 59.9 Å². The van der Waals surface area contributed by atoms with Crippen LogP contribution < -0.4 is 4.90 Å². The molecule has 15 heteroatoms. The monoisotopic (exact) mass is 653 g/mol. The quantitative estimate of drug-likeness (QED) is 0.235. The first-order valence-corrected chi connectivity index (χ1v) is 16.2. The Morgan fingerprint density at radius 2 is 1.35 bits per heavy atom. The second-order valence-corrected chi connectivity index (χ2v) is 14.9. The lowest BCUT2D eigenvalue weighted by molar-refractivity contribution is -0.348. The van der Waals surface area contributed by atoms with Crippen LogP contribution >= 0.6 is 0 Å². The second-order valence-electron chi connectivity index (χ2n) is 10.6. The molecule has 1 aliphatic heterocycles. The molecule has 0 amide bonds. The summed E-state index contributed by atoms with van der Waals surface area (Å²) in [4.78, 5) is 1.37. The predicted octanol–water partition coefficient (Wildman–Crippen LogP) is 6.41. The van der Waals surface area contributed by atoms with E-state index in [1.165, 1.54) is 24.3 Å². The molecule has 0 aromatic heterocycles. The summed E-state index contributed by atoms with van der Waals surface area (Å²) in [6.07, 6.45) is -12.1. The summed E-state index contributed by atoms with van der Waals surface area (Å²) in [6, 6.07) is 10.1. The summed E-state index contributed by atoms with van der Waals surface area (Å²) in [5.74, 6) is -0.737. The van der Waals surface area contributed by atoms with Crippen LogP contribution in [0.3, 0.4) is 0 Å². The van der Waals surface area contributed by atoms with E-state index in [1.807, 2.05) is 0 Å². The third-order valence-corrected chi connectivity index (χ3v) is 11.9. The first-order chi connectivity index (χ1) is 19.7. The molecule has 0 radical (unpaired) electrons. The summed E-state index contributed by atoms with van der Waals surface area (Å²) in [5, 5.41) is 0. The first-order valence-electron chi connectivity index (χ1n) is 12.8. The van der Waals surface area contributed by atoms with Gasteiger partial charge in [-0.2, -0.15) is 26.3 Å². The van der Waals surface area contributed by atoms with Gasteiger partial charge in [-0.25, -0.2) is 25.6 Å². The van der Waals surface area contributed by atoms with Crippen LogP contribution in [0.1, 0.15) is 29.5 Å². The number of fused-ring (bicyclic) bond motifs is 3. The van der Waals surface area contributed by atoms with Crippen molar-refractivity contribution in [1.82, 2.24) is 0 Å². The van der Waals surface area contributed by atoms with Crippen molar-refractivity contribution < 1.29 is 52.0 Å². The van der Waals surface area contributed by atoms with Crippen LogP contribution in [0.25, 0.3) is 0 Å². The lowest BCUT2D eigenvalue weighted by atomic mass is 9.76. The molecular formula is C28H23F8NO4S2. The number of halogens is 8. The van der Waals surface area contributed by atoms with E-state index in [4.69, 9.17) is 0 Å². The smallest absolute Gasteiger partial charge is 0.367 e. The van der Waals surface area contributed by atoms with E-state index in [0.717, 1.165) is 36.6 Å². The Hall–Kier alpha value is -3.20. The molecular weight excluding hydrogens is 630 g/mol. The van der Waals surface area contributed by atoms with Crippen molar-refractivity contribution in [2.24, 2.45) is 0 Å². The molecule has 1 heterocycles. The zero-order valence-electron chi connectivity index (χ0n) is 22.2. The maximum atomic E-state index is 15.0. The summed E-state index contributed by atoms with van der Waals surface area (Å²) >= 11 is 0. The predicted molar refractivity (Wildman–Crippen MR) is 140 cm³/mol. The molecule has 3 aromatic rings. The van der Waals surface area contributed by atoms with E-state index in [1.54, 1.807) is 4.90 Å². The van der Waals surface area contributed by atoms with Gasteiger partial charge in [0.1, 0.15) is 10.6 Å². The highest BCUT2D eigenvalue weighted by Crippen LogP contribution is 2.57. The molecule has 3 aromatic carbocycles. The fourth-order valence-corrected chi connectivity index (χ4v) is 9.25. The average molecular weight is 654 g/mol. The number of nitrogens with zero attached hydrogens (tertiary/aromatic N) is 1. The van der Waals surface area contributed by atoms with Gasteiger partial charge in [0.05, 0.1) is 15.8 Å². The van der Waals surface area contributed by atoms with Gasteiger partial charge in [0.25, 0.3) is 0 Å². The minimum absolute atomic E-state index is 0.00574. The Morgan fingerprint density at radius 3 is 1.88 bits per heavy atom. The van der Waals surface area contributed by atoms with Crippen LogP contribution in [0, 0.1) is 5.82 Å². The third-order valence-electron chi connectivity index (χ3n) is 8.27. The fraction of sp³-hybridized carbons (Fsp3) is 0.357. The van der Waals surface area contributed by atoms with Crippen molar-refractivity contribution in [3.05, 3.63) is 89.2 Å². The highest BCUT2D eigenvalue weighted by Gasteiger charge is 2.73. The van der Waals surface area contributed by atoms with E-state index in [-0.39, 0.29) is 46.7 Å². The normalized spacial score (nSPS) is 21.4. The van der Waals surface area contributed by atoms with Gasteiger partial charge in [0.2, 0.25) is 0 Å². The SMILES string of the molecule is CS(=O)(=O)c1ccc(N2CC[C@@]3(S(=O)(=O)c4ccc(F)cc4)c4ccc(C(F)(C(F)(F)F)C(F)(F)F)cc4CC[C@@H]23)cc1. The number of benzene rings is 3. The number of anilines is 1. The summed E-state index contributed by atoms with van der Waals surface area (Å²) in [6.45, 7) is 0.0582. The molecule has 2 aliphatic rings. The highest BCUT2D eigenvalue weighted by atomic mass is 32.2. The number of hydrogen-bond acceptors (Lipinski definition) is 5. The number of hydrogen-bond donors (Lipinski definition) is 0. The molecule has 1 fully saturated rings. The van der Waals surface area contributed by atoms with E-state index >= 15 is 0 Å². The Balaban J connectivity index is 1.71. The molecule has 232 valence electrons. The van der Waals surface area contributed by atoms with Gasteiger partial charge in [-0.1, -0.05) is 18.2 Å². The minimum Gasteiger partial charge on any atom is -0.367 e. The molecule has 0 unspecified atom stereocenters. The standard InChI is InChI=1S/C28H23F8NO4S2/c1-42(38,39)21-10-6-20(7-11-21)37-15-14-25(43(40,41)22-8-4-19(29)5-9-22)23-12-3-18(16-17(23)2-13-24(25)37)26(30,27(31,32)33)28(34,35)36/h3-12,16,24H,2,13-15H2,1H3/t24-,25-/m1/s1.